The van der Waals surface area contributed by atoms with E-state index in [1.807, 2.05) is 19.9 Å². The lowest BCUT2D eigenvalue weighted by Gasteiger charge is -2.06. The van der Waals surface area contributed by atoms with Crippen LogP contribution in [0.5, 0.6) is 0 Å². The smallest absolute Gasteiger partial charge is 0.258 e. The first-order valence-electron chi connectivity index (χ1n) is 5.13. The maximum atomic E-state index is 10.6. The van der Waals surface area contributed by atoms with Crippen molar-refractivity contribution in [1.29, 1.82) is 0 Å². The minimum absolute atomic E-state index is 0.00668. The van der Waals surface area contributed by atoms with Gasteiger partial charge in [0.05, 0.1) is 10.6 Å². The van der Waals surface area contributed by atoms with E-state index in [-0.39, 0.29) is 5.69 Å². The fraction of sp³-hybridized carbons (Fsp3) is 0.273. The lowest BCUT2D eigenvalue weighted by molar-refractivity contribution is -0.385. The van der Waals surface area contributed by atoms with Crippen LogP contribution in [0.15, 0.2) is 18.3 Å². The van der Waals surface area contributed by atoms with Gasteiger partial charge >= 0.3 is 0 Å². The normalized spacial score (nSPS) is 10.5. The highest BCUT2D eigenvalue weighted by atomic mass is 16.6. The number of hydrogen-bond donors (Lipinski definition) is 0. The lowest BCUT2D eigenvalue weighted by atomic mass is 10.2. The maximum absolute atomic E-state index is 10.6. The molecule has 0 N–H and O–H groups in total. The van der Waals surface area contributed by atoms with Crippen LogP contribution in [0, 0.1) is 30.9 Å². The molecule has 0 saturated carbocycles. The van der Waals surface area contributed by atoms with Crippen molar-refractivity contribution in [3.05, 3.63) is 45.4 Å². The topological polar surface area (TPSA) is 73.8 Å². The summed E-state index contributed by atoms with van der Waals surface area (Å²) >= 11 is 0. The molecule has 0 atom stereocenters. The number of pyridine rings is 1. The van der Waals surface area contributed by atoms with Gasteiger partial charge in [0.1, 0.15) is 6.20 Å². The van der Waals surface area contributed by atoms with E-state index in [1.165, 1.54) is 12.3 Å². The monoisotopic (exact) mass is 232 g/mol. The van der Waals surface area contributed by atoms with E-state index in [0.717, 1.165) is 17.0 Å². The first kappa shape index (κ1) is 11.3. The van der Waals surface area contributed by atoms with Crippen LogP contribution in [0.1, 0.15) is 17.0 Å². The van der Waals surface area contributed by atoms with Crippen molar-refractivity contribution in [2.45, 2.75) is 20.8 Å². The first-order chi connectivity index (χ1) is 7.99. The summed E-state index contributed by atoms with van der Waals surface area (Å²) < 4.78 is 1.69. The summed E-state index contributed by atoms with van der Waals surface area (Å²) in [6.45, 7) is 5.60. The van der Waals surface area contributed by atoms with Crippen LogP contribution in [-0.2, 0) is 0 Å². The minimum atomic E-state index is -0.453. The van der Waals surface area contributed by atoms with Crippen LogP contribution in [0.4, 0.5) is 5.69 Å². The van der Waals surface area contributed by atoms with Gasteiger partial charge in [0, 0.05) is 17.3 Å². The van der Waals surface area contributed by atoms with Crippen LogP contribution >= 0.6 is 0 Å². The van der Waals surface area contributed by atoms with Gasteiger partial charge in [-0.3, -0.25) is 10.1 Å². The third kappa shape index (κ3) is 2.01. The molecule has 0 fully saturated rings. The van der Waals surface area contributed by atoms with Crippen LogP contribution in [0.2, 0.25) is 0 Å². The highest BCUT2D eigenvalue weighted by molar-refractivity contribution is 5.41. The zero-order valence-corrected chi connectivity index (χ0v) is 9.84. The van der Waals surface area contributed by atoms with Crippen LogP contribution in [-0.4, -0.2) is 19.7 Å². The van der Waals surface area contributed by atoms with Gasteiger partial charge in [-0.1, -0.05) is 0 Å². The van der Waals surface area contributed by atoms with E-state index >= 15 is 0 Å². The summed E-state index contributed by atoms with van der Waals surface area (Å²) in [4.78, 5) is 14.3. The van der Waals surface area contributed by atoms with Gasteiger partial charge in [0.2, 0.25) is 0 Å². The van der Waals surface area contributed by atoms with E-state index in [0.29, 0.717) is 5.82 Å². The molecule has 0 saturated heterocycles. The van der Waals surface area contributed by atoms with E-state index in [9.17, 15) is 10.1 Å². The summed E-state index contributed by atoms with van der Waals surface area (Å²) in [5, 5.41) is 14.9. The number of aryl methyl sites for hydroxylation is 3. The molecule has 0 aromatic carbocycles. The molecule has 2 aromatic rings. The molecule has 6 heteroatoms. The largest absolute Gasteiger partial charge is 0.287 e. The second kappa shape index (κ2) is 3.97. The molecular weight excluding hydrogens is 220 g/mol. The molecule has 0 aliphatic heterocycles. The van der Waals surface area contributed by atoms with Gasteiger partial charge in [-0.05, 0) is 26.8 Å². The summed E-state index contributed by atoms with van der Waals surface area (Å²) in [6, 6.07) is 3.43. The van der Waals surface area contributed by atoms with Crippen LogP contribution in [0.3, 0.4) is 0 Å². The Balaban J connectivity index is 2.54. The van der Waals surface area contributed by atoms with Crippen molar-refractivity contribution in [2.24, 2.45) is 0 Å². The minimum Gasteiger partial charge on any atom is -0.258 e. The summed E-state index contributed by atoms with van der Waals surface area (Å²) in [5.74, 6) is 0.626. The molecule has 88 valence electrons. The van der Waals surface area contributed by atoms with Crippen molar-refractivity contribution in [2.75, 3.05) is 0 Å². The third-order valence-electron chi connectivity index (χ3n) is 2.46. The molecule has 17 heavy (non-hydrogen) atoms. The van der Waals surface area contributed by atoms with Gasteiger partial charge in [-0.25, -0.2) is 9.67 Å². The van der Waals surface area contributed by atoms with E-state index in [1.54, 1.807) is 11.6 Å². The van der Waals surface area contributed by atoms with Gasteiger partial charge in [0.15, 0.2) is 5.82 Å². The molecule has 0 spiro atoms. The number of nitro groups is 1. The van der Waals surface area contributed by atoms with Crippen molar-refractivity contribution in [3.8, 4) is 5.82 Å². The van der Waals surface area contributed by atoms with Gasteiger partial charge in [-0.15, -0.1) is 0 Å². The quantitative estimate of drug-likeness (QED) is 0.587. The van der Waals surface area contributed by atoms with Gasteiger partial charge < -0.3 is 0 Å². The first-order valence-corrected chi connectivity index (χ1v) is 5.13. The Morgan fingerprint density at radius 1 is 1.29 bits per heavy atom. The summed E-state index contributed by atoms with van der Waals surface area (Å²) in [6.07, 6.45) is 1.25. The third-order valence-corrected chi connectivity index (χ3v) is 2.46. The second-order valence-corrected chi connectivity index (χ2v) is 3.93. The van der Waals surface area contributed by atoms with Crippen molar-refractivity contribution >= 4 is 5.69 Å². The molecule has 0 aliphatic rings. The zero-order chi connectivity index (χ0) is 12.6. The Labute approximate surface area is 98.1 Å². The number of nitrogens with zero attached hydrogens (tertiary/aromatic N) is 4. The predicted octanol–water partition coefficient (Wildman–Crippen LogP) is 2.10. The van der Waals surface area contributed by atoms with E-state index in [2.05, 4.69) is 10.1 Å². The molecule has 0 aliphatic carbocycles. The lowest BCUT2D eigenvalue weighted by Crippen LogP contribution is -2.05. The Morgan fingerprint density at radius 2 is 2.00 bits per heavy atom. The highest BCUT2D eigenvalue weighted by Crippen LogP contribution is 2.18. The van der Waals surface area contributed by atoms with Crippen LogP contribution in [0.25, 0.3) is 5.82 Å². The Hall–Kier alpha value is -2.24. The SMILES string of the molecule is Cc1cc(C)n(-c2ncc([N+](=O)[O-])cc2C)n1. The van der Waals surface area contributed by atoms with Gasteiger partial charge in [0.25, 0.3) is 5.69 Å². The summed E-state index contributed by atoms with van der Waals surface area (Å²) in [7, 11) is 0. The molecule has 6 nitrogen and oxygen atoms in total. The van der Waals surface area contributed by atoms with E-state index < -0.39 is 4.92 Å². The van der Waals surface area contributed by atoms with Crippen molar-refractivity contribution in [1.82, 2.24) is 14.8 Å². The molecule has 0 amide bonds. The maximum Gasteiger partial charge on any atom is 0.287 e. The Kier molecular flexibility index (Phi) is 2.63. The number of hydrogen-bond acceptors (Lipinski definition) is 4. The van der Waals surface area contributed by atoms with Crippen molar-refractivity contribution in [3.63, 3.8) is 0 Å². The average molecular weight is 232 g/mol. The van der Waals surface area contributed by atoms with Crippen LogP contribution < -0.4 is 0 Å². The standard InChI is InChI=1S/C11H12N4O2/c1-7-4-10(15(16)17)6-12-11(7)14-9(3)5-8(2)13-14/h4-6H,1-3H3. The molecule has 0 bridgehead atoms. The fourth-order valence-electron chi connectivity index (χ4n) is 1.72. The summed E-state index contributed by atoms with van der Waals surface area (Å²) in [5.41, 5.74) is 2.56. The molecular formula is C11H12N4O2. The molecule has 2 aromatic heterocycles. The Bertz CT molecular complexity index is 589. The van der Waals surface area contributed by atoms with Crippen molar-refractivity contribution < 1.29 is 4.92 Å². The molecule has 0 unspecified atom stereocenters. The van der Waals surface area contributed by atoms with Gasteiger partial charge in [-0.2, -0.15) is 5.10 Å². The Morgan fingerprint density at radius 3 is 2.47 bits per heavy atom. The fourth-order valence-corrected chi connectivity index (χ4v) is 1.72. The van der Waals surface area contributed by atoms with E-state index in [4.69, 9.17) is 0 Å². The molecule has 0 radical (unpaired) electrons. The second-order valence-electron chi connectivity index (χ2n) is 3.93. The highest BCUT2D eigenvalue weighted by Gasteiger charge is 2.12. The predicted molar refractivity (Wildman–Crippen MR) is 62.2 cm³/mol. The number of rotatable bonds is 2. The zero-order valence-electron chi connectivity index (χ0n) is 9.84. The molecule has 2 heterocycles. The average Bonchev–Trinajstić information content (AvgIpc) is 2.57. The molecule has 2 rings (SSSR count). The number of aromatic nitrogens is 3.